The standard InChI is InChI=1S/C17H32N2O2/c1-5-17(4)16(21)19(13-11-15(20)18-17)12-9-7-6-8-10-14(2)3/h14H,5-13H2,1-4H3,(H,18,20). The second kappa shape index (κ2) is 8.40. The molecule has 1 heterocycles. The Morgan fingerprint density at radius 3 is 2.48 bits per heavy atom. The first-order valence-electron chi connectivity index (χ1n) is 8.49. The van der Waals surface area contributed by atoms with Crippen molar-refractivity contribution < 1.29 is 9.59 Å². The summed E-state index contributed by atoms with van der Waals surface area (Å²) in [6.07, 6.45) is 7.07. The highest BCUT2D eigenvalue weighted by atomic mass is 16.2. The number of hydrogen-bond acceptors (Lipinski definition) is 2. The Morgan fingerprint density at radius 1 is 1.19 bits per heavy atom. The molecule has 0 aromatic heterocycles. The fraction of sp³-hybridized carbons (Fsp3) is 0.882. The normalized spacial score (nSPS) is 23.4. The molecule has 0 spiro atoms. The van der Waals surface area contributed by atoms with Gasteiger partial charge in [-0.15, -0.1) is 0 Å². The second-order valence-electron chi connectivity index (χ2n) is 6.87. The Morgan fingerprint density at radius 2 is 1.86 bits per heavy atom. The van der Waals surface area contributed by atoms with Crippen LogP contribution in [0.3, 0.4) is 0 Å². The summed E-state index contributed by atoms with van der Waals surface area (Å²) in [5.41, 5.74) is -0.717. The topological polar surface area (TPSA) is 49.4 Å². The van der Waals surface area contributed by atoms with E-state index >= 15 is 0 Å². The molecule has 0 aliphatic carbocycles. The summed E-state index contributed by atoms with van der Waals surface area (Å²) in [6, 6.07) is 0. The van der Waals surface area contributed by atoms with Gasteiger partial charge in [0.25, 0.3) is 0 Å². The molecule has 122 valence electrons. The molecule has 1 aliphatic rings. The van der Waals surface area contributed by atoms with Gasteiger partial charge >= 0.3 is 0 Å². The quantitative estimate of drug-likeness (QED) is 0.700. The Kier molecular flexibility index (Phi) is 7.20. The fourth-order valence-electron chi connectivity index (χ4n) is 2.77. The highest BCUT2D eigenvalue weighted by Gasteiger charge is 2.38. The Hall–Kier alpha value is -1.06. The lowest BCUT2D eigenvalue weighted by molar-refractivity contribution is -0.138. The molecule has 0 radical (unpaired) electrons. The predicted molar refractivity (Wildman–Crippen MR) is 86.0 cm³/mol. The first-order chi connectivity index (χ1) is 9.89. The van der Waals surface area contributed by atoms with Crippen molar-refractivity contribution in [2.24, 2.45) is 5.92 Å². The van der Waals surface area contributed by atoms with Gasteiger partial charge in [-0.25, -0.2) is 0 Å². The number of rotatable bonds is 8. The van der Waals surface area contributed by atoms with Crippen LogP contribution in [0.1, 0.15) is 72.6 Å². The van der Waals surface area contributed by atoms with E-state index in [0.29, 0.717) is 19.4 Å². The molecule has 1 unspecified atom stereocenters. The summed E-state index contributed by atoms with van der Waals surface area (Å²) in [6.45, 7) is 9.65. The number of nitrogens with one attached hydrogen (secondary N) is 1. The maximum Gasteiger partial charge on any atom is 0.248 e. The highest BCUT2D eigenvalue weighted by molar-refractivity contribution is 5.93. The van der Waals surface area contributed by atoms with Crippen LogP contribution in [0.25, 0.3) is 0 Å². The van der Waals surface area contributed by atoms with Gasteiger partial charge in [0.1, 0.15) is 5.54 Å². The van der Waals surface area contributed by atoms with E-state index < -0.39 is 5.54 Å². The van der Waals surface area contributed by atoms with E-state index in [2.05, 4.69) is 19.2 Å². The number of amides is 2. The molecular formula is C17H32N2O2. The smallest absolute Gasteiger partial charge is 0.248 e. The van der Waals surface area contributed by atoms with Gasteiger partial charge < -0.3 is 10.2 Å². The van der Waals surface area contributed by atoms with Crippen molar-refractivity contribution in [1.82, 2.24) is 10.2 Å². The van der Waals surface area contributed by atoms with Crippen molar-refractivity contribution >= 4 is 11.8 Å². The zero-order chi connectivity index (χ0) is 15.9. The van der Waals surface area contributed by atoms with E-state index in [1.54, 1.807) is 0 Å². The van der Waals surface area contributed by atoms with E-state index in [-0.39, 0.29) is 11.8 Å². The average Bonchev–Trinajstić information content (AvgIpc) is 2.53. The first kappa shape index (κ1) is 18.0. The zero-order valence-corrected chi connectivity index (χ0v) is 14.2. The number of nitrogens with zero attached hydrogens (tertiary/aromatic N) is 1. The van der Waals surface area contributed by atoms with Crippen molar-refractivity contribution in [3.05, 3.63) is 0 Å². The Bertz CT molecular complexity index is 355. The summed E-state index contributed by atoms with van der Waals surface area (Å²) in [5, 5.41) is 2.88. The molecular weight excluding hydrogens is 264 g/mol. The zero-order valence-electron chi connectivity index (χ0n) is 14.2. The maximum atomic E-state index is 12.6. The molecule has 1 fully saturated rings. The third-order valence-electron chi connectivity index (χ3n) is 4.45. The molecule has 1 atom stereocenters. The van der Waals surface area contributed by atoms with Gasteiger partial charge in [0.2, 0.25) is 11.8 Å². The minimum Gasteiger partial charge on any atom is -0.342 e. The van der Waals surface area contributed by atoms with Crippen molar-refractivity contribution in [3.63, 3.8) is 0 Å². The third-order valence-corrected chi connectivity index (χ3v) is 4.45. The number of hydrogen-bond donors (Lipinski definition) is 1. The van der Waals surface area contributed by atoms with E-state index in [9.17, 15) is 9.59 Å². The van der Waals surface area contributed by atoms with Crippen LogP contribution in [-0.2, 0) is 9.59 Å². The molecule has 0 saturated carbocycles. The van der Waals surface area contributed by atoms with Crippen LogP contribution in [0.4, 0.5) is 0 Å². The monoisotopic (exact) mass is 296 g/mol. The molecule has 1 N–H and O–H groups in total. The highest BCUT2D eigenvalue weighted by Crippen LogP contribution is 2.18. The molecule has 21 heavy (non-hydrogen) atoms. The summed E-state index contributed by atoms with van der Waals surface area (Å²) in [4.78, 5) is 26.2. The molecule has 2 amide bonds. The largest absolute Gasteiger partial charge is 0.342 e. The van der Waals surface area contributed by atoms with Gasteiger partial charge in [-0.3, -0.25) is 9.59 Å². The van der Waals surface area contributed by atoms with E-state index in [4.69, 9.17) is 0 Å². The fourth-order valence-corrected chi connectivity index (χ4v) is 2.77. The molecule has 4 nitrogen and oxygen atoms in total. The minimum atomic E-state index is -0.717. The van der Waals surface area contributed by atoms with Crippen LogP contribution in [0, 0.1) is 5.92 Å². The van der Waals surface area contributed by atoms with Crippen molar-refractivity contribution in [2.75, 3.05) is 13.1 Å². The lowest BCUT2D eigenvalue weighted by Gasteiger charge is -2.31. The number of carbonyl (C=O) groups is 2. The summed E-state index contributed by atoms with van der Waals surface area (Å²) < 4.78 is 0. The van der Waals surface area contributed by atoms with Crippen LogP contribution < -0.4 is 5.32 Å². The van der Waals surface area contributed by atoms with E-state index in [0.717, 1.165) is 18.9 Å². The van der Waals surface area contributed by atoms with Gasteiger partial charge in [-0.2, -0.15) is 0 Å². The molecule has 1 aliphatic heterocycles. The second-order valence-corrected chi connectivity index (χ2v) is 6.87. The number of unbranched alkanes of at least 4 members (excludes halogenated alkanes) is 3. The SMILES string of the molecule is CCC1(C)NC(=O)CCN(CCCCCCC(C)C)C1=O. The van der Waals surface area contributed by atoms with Crippen LogP contribution in [0.5, 0.6) is 0 Å². The Labute approximate surface area is 129 Å². The van der Waals surface area contributed by atoms with E-state index in [1.807, 2.05) is 18.7 Å². The van der Waals surface area contributed by atoms with Crippen LogP contribution in [0.2, 0.25) is 0 Å². The van der Waals surface area contributed by atoms with Gasteiger partial charge in [0.15, 0.2) is 0 Å². The van der Waals surface area contributed by atoms with Crippen molar-refractivity contribution in [2.45, 2.75) is 78.2 Å². The molecule has 0 bridgehead atoms. The molecule has 0 aromatic carbocycles. The minimum absolute atomic E-state index is 0.00728. The van der Waals surface area contributed by atoms with Gasteiger partial charge in [0, 0.05) is 19.5 Å². The van der Waals surface area contributed by atoms with Crippen LogP contribution in [-0.4, -0.2) is 35.3 Å². The summed E-state index contributed by atoms with van der Waals surface area (Å²) in [7, 11) is 0. The summed E-state index contributed by atoms with van der Waals surface area (Å²) in [5.74, 6) is 0.852. The molecule has 4 heteroatoms. The predicted octanol–water partition coefficient (Wildman–Crippen LogP) is 3.11. The van der Waals surface area contributed by atoms with Crippen molar-refractivity contribution in [3.8, 4) is 0 Å². The molecule has 1 saturated heterocycles. The van der Waals surface area contributed by atoms with Crippen LogP contribution >= 0.6 is 0 Å². The lowest BCUT2D eigenvalue weighted by Crippen LogP contribution is -2.54. The Balaban J connectivity index is 2.39. The first-order valence-corrected chi connectivity index (χ1v) is 8.49. The third kappa shape index (κ3) is 5.68. The average molecular weight is 296 g/mol. The molecule has 1 rings (SSSR count). The van der Waals surface area contributed by atoms with Gasteiger partial charge in [0.05, 0.1) is 0 Å². The van der Waals surface area contributed by atoms with Gasteiger partial charge in [-0.05, 0) is 25.7 Å². The van der Waals surface area contributed by atoms with Crippen LogP contribution in [0.15, 0.2) is 0 Å². The summed E-state index contributed by atoms with van der Waals surface area (Å²) >= 11 is 0. The lowest BCUT2D eigenvalue weighted by atomic mass is 9.97. The van der Waals surface area contributed by atoms with Gasteiger partial charge in [-0.1, -0.05) is 46.5 Å². The van der Waals surface area contributed by atoms with E-state index in [1.165, 1.54) is 25.7 Å². The number of carbonyl (C=O) groups excluding carboxylic acids is 2. The molecule has 0 aromatic rings. The van der Waals surface area contributed by atoms with Crippen molar-refractivity contribution in [1.29, 1.82) is 0 Å². The maximum absolute atomic E-state index is 12.6.